The highest BCUT2D eigenvalue weighted by molar-refractivity contribution is 7.90. The zero-order chi connectivity index (χ0) is 20.8. The van der Waals surface area contributed by atoms with E-state index in [2.05, 4.69) is 20.6 Å². The third kappa shape index (κ3) is 5.85. The van der Waals surface area contributed by atoms with Gasteiger partial charge in [0, 0.05) is 32.4 Å². The van der Waals surface area contributed by atoms with Crippen molar-refractivity contribution >= 4 is 27.6 Å². The number of aliphatic imine (C=N–C) groups is 1. The SMILES string of the molecule is CN=C(NCCOc1ncccc1Cl)NC1CCN(S(=O)(=O)C(F)(F)F)CC1. The molecule has 8 nitrogen and oxygen atoms in total. The topological polar surface area (TPSA) is 95.9 Å². The van der Waals surface area contributed by atoms with Crippen molar-refractivity contribution in [1.29, 1.82) is 0 Å². The van der Waals surface area contributed by atoms with Gasteiger partial charge in [0.2, 0.25) is 5.88 Å². The van der Waals surface area contributed by atoms with Crippen molar-refractivity contribution < 1.29 is 26.3 Å². The molecule has 0 atom stereocenters. The van der Waals surface area contributed by atoms with Crippen LogP contribution >= 0.6 is 11.6 Å². The van der Waals surface area contributed by atoms with Gasteiger partial charge in [0.05, 0.1) is 6.54 Å². The Labute approximate surface area is 166 Å². The number of alkyl halides is 3. The van der Waals surface area contributed by atoms with E-state index in [4.69, 9.17) is 16.3 Å². The van der Waals surface area contributed by atoms with Crippen LogP contribution in [0.3, 0.4) is 0 Å². The van der Waals surface area contributed by atoms with Crippen molar-refractivity contribution in [2.45, 2.75) is 24.4 Å². The van der Waals surface area contributed by atoms with Gasteiger partial charge >= 0.3 is 15.5 Å². The van der Waals surface area contributed by atoms with Crippen LogP contribution in [0.15, 0.2) is 23.3 Å². The van der Waals surface area contributed by atoms with Crippen molar-refractivity contribution in [3.05, 3.63) is 23.4 Å². The summed E-state index contributed by atoms with van der Waals surface area (Å²) < 4.78 is 66.6. The van der Waals surface area contributed by atoms with E-state index in [1.54, 1.807) is 25.4 Å². The lowest BCUT2D eigenvalue weighted by Crippen LogP contribution is -2.52. The maximum absolute atomic E-state index is 12.6. The number of rotatable bonds is 6. The Bertz CT molecular complexity index is 783. The molecule has 1 fully saturated rings. The van der Waals surface area contributed by atoms with Gasteiger partial charge in [0.25, 0.3) is 0 Å². The van der Waals surface area contributed by atoms with E-state index in [1.807, 2.05) is 0 Å². The van der Waals surface area contributed by atoms with Crippen LogP contribution in [0.2, 0.25) is 5.02 Å². The highest BCUT2D eigenvalue weighted by atomic mass is 35.5. The normalized spacial score (nSPS) is 17.4. The van der Waals surface area contributed by atoms with Crippen LogP contribution in [-0.4, -0.2) is 68.5 Å². The Morgan fingerprint density at radius 3 is 2.68 bits per heavy atom. The van der Waals surface area contributed by atoms with Crippen molar-refractivity contribution in [3.8, 4) is 5.88 Å². The molecule has 1 aliphatic rings. The van der Waals surface area contributed by atoms with Crippen molar-refractivity contribution in [2.75, 3.05) is 33.3 Å². The van der Waals surface area contributed by atoms with E-state index in [1.165, 1.54) is 0 Å². The number of nitrogens with one attached hydrogen (secondary N) is 2. The average molecular weight is 444 g/mol. The lowest BCUT2D eigenvalue weighted by Gasteiger charge is -2.32. The molecule has 1 aromatic heterocycles. The molecule has 1 aromatic rings. The molecule has 1 aliphatic heterocycles. The lowest BCUT2D eigenvalue weighted by atomic mass is 10.1. The monoisotopic (exact) mass is 443 g/mol. The number of hydrogen-bond acceptors (Lipinski definition) is 5. The van der Waals surface area contributed by atoms with Gasteiger partial charge in [-0.25, -0.2) is 13.4 Å². The zero-order valence-electron chi connectivity index (χ0n) is 15.0. The first-order valence-corrected chi connectivity index (χ1v) is 10.2. The fraction of sp³-hybridized carbons (Fsp3) is 0.600. The highest BCUT2D eigenvalue weighted by Gasteiger charge is 2.50. The molecule has 0 saturated carbocycles. The van der Waals surface area contributed by atoms with Gasteiger partial charge in [-0.05, 0) is 25.0 Å². The number of halogens is 4. The summed E-state index contributed by atoms with van der Waals surface area (Å²) in [7, 11) is -3.73. The molecule has 2 heterocycles. The van der Waals surface area contributed by atoms with Crippen LogP contribution in [0.4, 0.5) is 13.2 Å². The molecular formula is C15H21ClF3N5O3S. The molecule has 0 bridgehead atoms. The summed E-state index contributed by atoms with van der Waals surface area (Å²) in [4.78, 5) is 8.03. The van der Waals surface area contributed by atoms with E-state index in [-0.39, 0.29) is 38.6 Å². The zero-order valence-corrected chi connectivity index (χ0v) is 16.6. The second-order valence-corrected chi connectivity index (χ2v) is 8.24. The van der Waals surface area contributed by atoms with Crippen LogP contribution in [0.25, 0.3) is 0 Å². The Morgan fingerprint density at radius 2 is 2.11 bits per heavy atom. The van der Waals surface area contributed by atoms with Gasteiger partial charge in [0.15, 0.2) is 5.96 Å². The number of aromatic nitrogens is 1. The molecule has 0 spiro atoms. The second kappa shape index (κ2) is 9.61. The van der Waals surface area contributed by atoms with Crippen molar-refractivity contribution in [2.24, 2.45) is 4.99 Å². The number of piperidine rings is 1. The van der Waals surface area contributed by atoms with Crippen molar-refractivity contribution in [1.82, 2.24) is 19.9 Å². The predicted octanol–water partition coefficient (Wildman–Crippen LogP) is 1.59. The largest absolute Gasteiger partial charge is 0.511 e. The van der Waals surface area contributed by atoms with Crippen LogP contribution in [-0.2, 0) is 10.0 Å². The number of ether oxygens (including phenoxy) is 1. The highest BCUT2D eigenvalue weighted by Crippen LogP contribution is 2.28. The number of pyridine rings is 1. The molecule has 158 valence electrons. The van der Waals surface area contributed by atoms with E-state index in [9.17, 15) is 21.6 Å². The predicted molar refractivity (Wildman–Crippen MR) is 98.8 cm³/mol. The molecule has 0 unspecified atom stereocenters. The summed E-state index contributed by atoms with van der Waals surface area (Å²) in [6, 6.07) is 3.14. The molecule has 13 heteroatoms. The van der Waals surface area contributed by atoms with Crippen LogP contribution < -0.4 is 15.4 Å². The maximum atomic E-state index is 12.6. The maximum Gasteiger partial charge on any atom is 0.511 e. The molecule has 2 N–H and O–H groups in total. The smallest absolute Gasteiger partial charge is 0.475 e. The minimum Gasteiger partial charge on any atom is -0.475 e. The molecule has 2 rings (SSSR count). The molecule has 0 radical (unpaired) electrons. The molecule has 28 heavy (non-hydrogen) atoms. The first-order valence-electron chi connectivity index (χ1n) is 8.42. The number of hydrogen-bond donors (Lipinski definition) is 2. The fourth-order valence-electron chi connectivity index (χ4n) is 2.57. The lowest BCUT2D eigenvalue weighted by molar-refractivity contribution is -0.0494. The minimum absolute atomic E-state index is 0.197. The Morgan fingerprint density at radius 1 is 1.43 bits per heavy atom. The molecule has 0 aliphatic carbocycles. The summed E-state index contributed by atoms with van der Waals surface area (Å²) in [6.45, 7) is 0.225. The summed E-state index contributed by atoms with van der Waals surface area (Å²) in [6.07, 6.45) is 2.02. The fourth-order valence-corrected chi connectivity index (χ4v) is 3.73. The summed E-state index contributed by atoms with van der Waals surface area (Å²) in [5.74, 6) is 0.750. The molecule has 1 saturated heterocycles. The Balaban J connectivity index is 1.75. The van der Waals surface area contributed by atoms with E-state index >= 15 is 0 Å². The van der Waals surface area contributed by atoms with E-state index in [0.717, 1.165) is 0 Å². The van der Waals surface area contributed by atoms with Gasteiger partial charge in [0.1, 0.15) is 11.6 Å². The molecule has 0 amide bonds. The standard InChI is InChI=1S/C15H21ClF3N5O3S/c1-20-14(22-7-10-27-13-12(16)3-2-6-21-13)23-11-4-8-24(9-5-11)28(25,26)15(17,18)19/h2-3,6,11H,4-5,7-10H2,1H3,(H2,20,22,23). The average Bonchev–Trinajstić information content (AvgIpc) is 2.65. The van der Waals surface area contributed by atoms with Crippen LogP contribution in [0.1, 0.15) is 12.8 Å². The number of sulfonamides is 1. The van der Waals surface area contributed by atoms with E-state index < -0.39 is 15.5 Å². The summed E-state index contributed by atoms with van der Waals surface area (Å²) >= 11 is 5.93. The third-order valence-electron chi connectivity index (χ3n) is 4.01. The van der Waals surface area contributed by atoms with Crippen LogP contribution in [0.5, 0.6) is 5.88 Å². The van der Waals surface area contributed by atoms with Gasteiger partial charge in [-0.15, -0.1) is 0 Å². The first kappa shape index (κ1) is 22.5. The Hall–Kier alpha value is -1.79. The van der Waals surface area contributed by atoms with E-state index in [0.29, 0.717) is 27.7 Å². The number of nitrogens with zero attached hydrogens (tertiary/aromatic N) is 3. The number of guanidine groups is 1. The summed E-state index contributed by atoms with van der Waals surface area (Å²) in [5.41, 5.74) is -5.28. The van der Waals surface area contributed by atoms with Gasteiger partial charge in [-0.1, -0.05) is 11.6 Å². The quantitative estimate of drug-likeness (QED) is 0.394. The van der Waals surface area contributed by atoms with Crippen molar-refractivity contribution in [3.63, 3.8) is 0 Å². The van der Waals surface area contributed by atoms with Gasteiger partial charge in [-0.3, -0.25) is 4.99 Å². The summed E-state index contributed by atoms with van der Waals surface area (Å²) in [5, 5.41) is 6.46. The molecular weight excluding hydrogens is 423 g/mol. The molecule has 0 aromatic carbocycles. The van der Waals surface area contributed by atoms with Crippen LogP contribution in [0, 0.1) is 0 Å². The Kier molecular flexibility index (Phi) is 7.72. The third-order valence-corrected chi connectivity index (χ3v) is 5.93. The first-order chi connectivity index (χ1) is 13.1. The minimum atomic E-state index is -5.28. The van der Waals surface area contributed by atoms with Gasteiger partial charge in [-0.2, -0.15) is 17.5 Å². The second-order valence-electron chi connectivity index (χ2n) is 5.91. The van der Waals surface area contributed by atoms with Gasteiger partial charge < -0.3 is 15.4 Å².